The molecule has 2 heterocycles. The first-order chi connectivity index (χ1) is 18.8. The molecule has 0 radical (unpaired) electrons. The van der Waals surface area contributed by atoms with Gasteiger partial charge in [0.2, 0.25) is 5.95 Å². The molecular weight excluding hydrogens is 533 g/mol. The first-order valence-corrected chi connectivity index (χ1v) is 16.4. The third kappa shape index (κ3) is 7.85. The van der Waals surface area contributed by atoms with E-state index in [4.69, 9.17) is 16.3 Å². The molecule has 2 aromatic carbocycles. The summed E-state index contributed by atoms with van der Waals surface area (Å²) >= 11 is 6.41. The van der Waals surface area contributed by atoms with Gasteiger partial charge in [0.1, 0.15) is 17.9 Å². The lowest BCUT2D eigenvalue weighted by atomic mass is 10.0. The summed E-state index contributed by atoms with van der Waals surface area (Å²) < 4.78 is 18.5. The smallest absolute Gasteiger partial charge is 0.229 e. The predicted molar refractivity (Wildman–Crippen MR) is 162 cm³/mol. The van der Waals surface area contributed by atoms with E-state index in [0.29, 0.717) is 34.3 Å². The molecule has 1 aliphatic rings. The molecule has 0 aliphatic carbocycles. The molecule has 1 fully saturated rings. The molecule has 0 saturated carbocycles. The Morgan fingerprint density at radius 3 is 2.59 bits per heavy atom. The van der Waals surface area contributed by atoms with Crippen molar-refractivity contribution in [2.24, 2.45) is 0 Å². The molecule has 4 rings (SSSR count). The number of hydrogen-bond acceptors (Lipinski definition) is 8. The van der Waals surface area contributed by atoms with E-state index in [2.05, 4.69) is 48.7 Å². The van der Waals surface area contributed by atoms with E-state index < -0.39 is 7.14 Å². The number of hydrogen-bond donors (Lipinski definition) is 4. The molecule has 0 bridgehead atoms. The SMILES string of the molecule is COc1cc(N2CCC(NCCCC[NH3+])CC2)ccc1Nc1ncc(Cl)c(Nc2ccccc2P(C)(C)=O)n1. The Morgan fingerprint density at radius 2 is 1.87 bits per heavy atom. The fraction of sp³-hybridized carbons (Fsp3) is 0.429. The number of nitrogens with zero attached hydrogens (tertiary/aromatic N) is 3. The zero-order valence-electron chi connectivity index (χ0n) is 23.0. The van der Waals surface area contributed by atoms with Gasteiger partial charge < -0.3 is 35.9 Å². The van der Waals surface area contributed by atoms with Gasteiger partial charge in [-0.1, -0.05) is 23.7 Å². The Bertz CT molecular complexity index is 1290. The number of aromatic nitrogens is 2. The number of benzene rings is 2. The van der Waals surface area contributed by atoms with Crippen LogP contribution in [0.3, 0.4) is 0 Å². The molecule has 1 aromatic heterocycles. The van der Waals surface area contributed by atoms with Gasteiger partial charge in [0, 0.05) is 36.2 Å². The average Bonchev–Trinajstić information content (AvgIpc) is 2.93. The van der Waals surface area contributed by atoms with E-state index >= 15 is 0 Å². The molecule has 1 aliphatic heterocycles. The predicted octanol–water partition coefficient (Wildman–Crippen LogP) is 4.45. The molecule has 0 amide bonds. The number of rotatable bonds is 12. The van der Waals surface area contributed by atoms with Crippen LogP contribution in [0.15, 0.2) is 48.7 Å². The zero-order chi connectivity index (χ0) is 27.8. The molecular formula is C28H40ClN7O2P+. The number of piperidine rings is 1. The summed E-state index contributed by atoms with van der Waals surface area (Å²) in [4.78, 5) is 11.3. The van der Waals surface area contributed by atoms with Gasteiger partial charge in [-0.2, -0.15) is 4.98 Å². The van der Waals surface area contributed by atoms with Crippen molar-refractivity contribution in [3.05, 3.63) is 53.7 Å². The summed E-state index contributed by atoms with van der Waals surface area (Å²) in [5, 5.41) is 11.3. The number of methoxy groups -OCH3 is 1. The van der Waals surface area contributed by atoms with Crippen LogP contribution in [0, 0.1) is 0 Å². The van der Waals surface area contributed by atoms with Crippen LogP contribution in [0.25, 0.3) is 0 Å². The molecule has 0 atom stereocenters. The maximum Gasteiger partial charge on any atom is 0.229 e. The quantitative estimate of drug-likeness (QED) is 0.186. The van der Waals surface area contributed by atoms with Gasteiger partial charge >= 0.3 is 0 Å². The van der Waals surface area contributed by atoms with Crippen molar-refractivity contribution in [2.75, 3.05) is 62.2 Å². The van der Waals surface area contributed by atoms with Crippen LogP contribution < -0.4 is 36.6 Å². The van der Waals surface area contributed by atoms with Gasteiger partial charge in [-0.3, -0.25) is 0 Å². The Hall–Kier alpha value is -2.84. The number of para-hydroxylation sites is 1. The molecule has 11 heteroatoms. The zero-order valence-corrected chi connectivity index (χ0v) is 24.7. The lowest BCUT2D eigenvalue weighted by Gasteiger charge is -2.34. The lowest BCUT2D eigenvalue weighted by molar-refractivity contribution is -0.368. The molecule has 6 N–H and O–H groups in total. The van der Waals surface area contributed by atoms with Crippen molar-refractivity contribution in [3.8, 4) is 5.75 Å². The summed E-state index contributed by atoms with van der Waals surface area (Å²) in [7, 11) is -0.845. The lowest BCUT2D eigenvalue weighted by Crippen LogP contribution is -2.50. The molecule has 1 saturated heterocycles. The minimum atomic E-state index is -2.50. The Labute approximate surface area is 236 Å². The average molecular weight is 573 g/mol. The van der Waals surface area contributed by atoms with E-state index in [1.807, 2.05) is 30.3 Å². The fourth-order valence-electron chi connectivity index (χ4n) is 4.74. The van der Waals surface area contributed by atoms with Crippen LogP contribution in [0.4, 0.5) is 28.8 Å². The summed E-state index contributed by atoms with van der Waals surface area (Å²) in [5.41, 5.74) is 6.51. The van der Waals surface area contributed by atoms with Crippen molar-refractivity contribution in [2.45, 2.75) is 31.7 Å². The second kappa shape index (κ2) is 13.5. The highest BCUT2D eigenvalue weighted by atomic mass is 35.5. The highest BCUT2D eigenvalue weighted by Gasteiger charge is 2.21. The Morgan fingerprint density at radius 1 is 1.10 bits per heavy atom. The van der Waals surface area contributed by atoms with Crippen LogP contribution in [-0.2, 0) is 4.57 Å². The maximum absolute atomic E-state index is 12.8. The van der Waals surface area contributed by atoms with Gasteiger partial charge in [-0.15, -0.1) is 0 Å². The van der Waals surface area contributed by atoms with Crippen LogP contribution in [-0.4, -0.2) is 62.6 Å². The molecule has 210 valence electrons. The summed E-state index contributed by atoms with van der Waals surface area (Å²) in [6.07, 6.45) is 6.15. The van der Waals surface area contributed by atoms with E-state index in [1.165, 1.54) is 19.0 Å². The second-order valence-corrected chi connectivity index (χ2v) is 13.8. The summed E-state index contributed by atoms with van der Waals surface area (Å²) in [6.45, 7) is 7.56. The van der Waals surface area contributed by atoms with Crippen LogP contribution in [0.2, 0.25) is 5.02 Å². The number of unbranched alkanes of at least 4 members (excludes halogenated alkanes) is 1. The van der Waals surface area contributed by atoms with E-state index in [-0.39, 0.29) is 0 Å². The standard InChI is InChI=1S/C28H39ClN7O2P/c1-38-25-18-21(36-16-12-20(13-17-36)31-15-7-6-14-30)10-11-23(25)34-28-32-19-22(29)27(35-28)33-24-8-4-5-9-26(24)39(2,3)37/h4-5,8-11,18-20,31H,6-7,12-17,30H2,1-3H3,(H2,32,33,34,35)/p+1. The summed E-state index contributed by atoms with van der Waals surface area (Å²) in [6, 6.07) is 14.2. The van der Waals surface area contributed by atoms with Crippen molar-refractivity contribution < 1.29 is 15.0 Å². The van der Waals surface area contributed by atoms with Gasteiger partial charge in [0.25, 0.3) is 0 Å². The number of anilines is 5. The second-order valence-electron chi connectivity index (χ2n) is 10.2. The third-order valence-corrected chi connectivity index (χ3v) is 8.71. The van der Waals surface area contributed by atoms with Gasteiger partial charge in [0.15, 0.2) is 5.82 Å². The van der Waals surface area contributed by atoms with Gasteiger partial charge in [0.05, 0.1) is 31.2 Å². The minimum absolute atomic E-state index is 0.361. The Kier molecular flexibility index (Phi) is 10.1. The monoisotopic (exact) mass is 572 g/mol. The number of halogens is 1. The molecule has 3 aromatic rings. The van der Waals surface area contributed by atoms with E-state index in [9.17, 15) is 4.57 Å². The molecule has 0 unspecified atom stereocenters. The maximum atomic E-state index is 12.8. The van der Waals surface area contributed by atoms with Crippen molar-refractivity contribution in [1.82, 2.24) is 15.3 Å². The highest BCUT2D eigenvalue weighted by Crippen LogP contribution is 2.39. The molecule has 0 spiro atoms. The highest BCUT2D eigenvalue weighted by molar-refractivity contribution is 7.70. The van der Waals surface area contributed by atoms with Crippen LogP contribution in [0.1, 0.15) is 25.7 Å². The van der Waals surface area contributed by atoms with E-state index in [1.54, 1.807) is 20.4 Å². The van der Waals surface area contributed by atoms with Gasteiger partial charge in [-0.25, -0.2) is 4.98 Å². The van der Waals surface area contributed by atoms with Gasteiger partial charge in [-0.05, 0) is 69.8 Å². The first-order valence-electron chi connectivity index (χ1n) is 13.4. The van der Waals surface area contributed by atoms with Crippen LogP contribution >= 0.6 is 18.7 Å². The Balaban J connectivity index is 1.44. The third-order valence-electron chi connectivity index (χ3n) is 6.88. The van der Waals surface area contributed by atoms with Crippen molar-refractivity contribution >= 4 is 52.9 Å². The number of quaternary nitrogens is 1. The largest absolute Gasteiger partial charge is 0.494 e. The normalized spacial score (nSPS) is 14.3. The fourth-order valence-corrected chi connectivity index (χ4v) is 6.04. The minimum Gasteiger partial charge on any atom is -0.494 e. The topological polar surface area (TPSA) is 119 Å². The van der Waals surface area contributed by atoms with Crippen LogP contribution in [0.5, 0.6) is 5.75 Å². The molecule has 9 nitrogen and oxygen atoms in total. The van der Waals surface area contributed by atoms with Crippen molar-refractivity contribution in [3.63, 3.8) is 0 Å². The van der Waals surface area contributed by atoms with E-state index in [0.717, 1.165) is 55.7 Å². The first kappa shape index (κ1) is 29.2. The number of ether oxygens (including phenoxy) is 1. The summed E-state index contributed by atoms with van der Waals surface area (Å²) in [5.74, 6) is 1.50. The number of nitrogens with one attached hydrogen (secondary N) is 3. The molecule has 39 heavy (non-hydrogen) atoms. The van der Waals surface area contributed by atoms with Crippen molar-refractivity contribution in [1.29, 1.82) is 0 Å².